The van der Waals surface area contributed by atoms with Gasteiger partial charge in [0, 0.05) is 26.0 Å². The highest BCUT2D eigenvalue weighted by Crippen LogP contribution is 2.04. The normalized spacial score (nSPS) is 10.5. The molecule has 1 aromatic carbocycles. The van der Waals surface area contributed by atoms with Gasteiger partial charge in [-0.3, -0.25) is 14.8 Å². The van der Waals surface area contributed by atoms with Crippen molar-refractivity contribution in [3.05, 3.63) is 76.7 Å². The maximum absolute atomic E-state index is 12.4. The molecule has 7 nitrogen and oxygen atoms in total. The Morgan fingerprint density at radius 3 is 2.58 bits per heavy atom. The number of pyridine rings is 1. The third-order valence-electron chi connectivity index (χ3n) is 3.65. The third kappa shape index (κ3) is 3.40. The lowest BCUT2D eigenvalue weighted by Crippen LogP contribution is -2.30. The van der Waals surface area contributed by atoms with E-state index in [2.05, 4.69) is 15.1 Å². The van der Waals surface area contributed by atoms with Crippen molar-refractivity contribution in [1.82, 2.24) is 24.6 Å². The van der Waals surface area contributed by atoms with Crippen molar-refractivity contribution in [2.24, 2.45) is 0 Å². The summed E-state index contributed by atoms with van der Waals surface area (Å²) in [6.07, 6.45) is 4.14. The molecule has 0 atom stereocenters. The number of amides is 1. The molecule has 2 aromatic heterocycles. The summed E-state index contributed by atoms with van der Waals surface area (Å²) in [6.45, 7) is 0.517. The summed E-state index contributed by atoms with van der Waals surface area (Å²) in [5.41, 5.74) is 1.26. The van der Waals surface area contributed by atoms with Crippen LogP contribution in [0, 0.1) is 0 Å². The molecule has 3 aromatic rings. The molecule has 0 aliphatic heterocycles. The minimum atomic E-state index is -0.438. The lowest BCUT2D eigenvalue weighted by atomic mass is 10.2. The van der Waals surface area contributed by atoms with Crippen LogP contribution in [-0.2, 0) is 6.42 Å². The van der Waals surface area contributed by atoms with Gasteiger partial charge < -0.3 is 4.90 Å². The van der Waals surface area contributed by atoms with Crippen LogP contribution in [0.2, 0.25) is 0 Å². The standard InChI is InChI=1S/C17H17N5O2/c1-21(12-9-13-7-10-18-11-8-13)16(23)15-19-17(24)22(20-15)14-5-3-2-4-6-14/h2-8,10-11H,9,12H2,1H3,(H,19,20,24). The van der Waals surface area contributed by atoms with Gasteiger partial charge in [0.15, 0.2) is 0 Å². The van der Waals surface area contributed by atoms with E-state index in [9.17, 15) is 9.59 Å². The first kappa shape index (κ1) is 15.7. The van der Waals surface area contributed by atoms with Crippen LogP contribution in [0.5, 0.6) is 0 Å². The van der Waals surface area contributed by atoms with Gasteiger partial charge in [-0.2, -0.15) is 4.68 Å². The van der Waals surface area contributed by atoms with Crippen molar-refractivity contribution in [3.63, 3.8) is 0 Å². The molecule has 1 N–H and O–H groups in total. The summed E-state index contributed by atoms with van der Waals surface area (Å²) in [4.78, 5) is 32.5. The van der Waals surface area contributed by atoms with Crippen LogP contribution in [0.3, 0.4) is 0 Å². The topological polar surface area (TPSA) is 83.9 Å². The lowest BCUT2D eigenvalue weighted by Gasteiger charge is -2.15. The summed E-state index contributed by atoms with van der Waals surface area (Å²) in [7, 11) is 1.68. The fourth-order valence-corrected chi connectivity index (χ4v) is 2.29. The fourth-order valence-electron chi connectivity index (χ4n) is 2.29. The molecule has 7 heteroatoms. The van der Waals surface area contributed by atoms with Gasteiger partial charge in [0.05, 0.1) is 5.69 Å². The molecular formula is C17H17N5O2. The lowest BCUT2D eigenvalue weighted by molar-refractivity contribution is 0.0784. The summed E-state index contributed by atoms with van der Waals surface area (Å²) in [5, 5.41) is 4.10. The summed E-state index contributed by atoms with van der Waals surface area (Å²) in [5.74, 6) is -0.295. The maximum Gasteiger partial charge on any atom is 0.348 e. The van der Waals surface area contributed by atoms with E-state index in [0.29, 0.717) is 18.7 Å². The van der Waals surface area contributed by atoms with Crippen LogP contribution < -0.4 is 5.69 Å². The van der Waals surface area contributed by atoms with E-state index >= 15 is 0 Å². The van der Waals surface area contributed by atoms with Gasteiger partial charge in [0.25, 0.3) is 5.91 Å². The van der Waals surface area contributed by atoms with Crippen molar-refractivity contribution in [3.8, 4) is 5.69 Å². The van der Waals surface area contributed by atoms with Crippen molar-refractivity contribution in [2.45, 2.75) is 6.42 Å². The number of aromatic amines is 1. The highest BCUT2D eigenvalue weighted by atomic mass is 16.2. The van der Waals surface area contributed by atoms with E-state index in [4.69, 9.17) is 0 Å². The van der Waals surface area contributed by atoms with Gasteiger partial charge >= 0.3 is 5.69 Å². The summed E-state index contributed by atoms with van der Waals surface area (Å²) in [6, 6.07) is 12.8. The monoisotopic (exact) mass is 323 g/mol. The highest BCUT2D eigenvalue weighted by Gasteiger charge is 2.18. The second kappa shape index (κ2) is 6.91. The molecule has 2 heterocycles. The molecule has 0 saturated carbocycles. The predicted molar refractivity (Wildman–Crippen MR) is 89.1 cm³/mol. The average Bonchev–Trinajstić information content (AvgIpc) is 3.02. The zero-order chi connectivity index (χ0) is 16.9. The Hall–Kier alpha value is -3.22. The fraction of sp³-hybridized carbons (Fsp3) is 0.176. The number of aromatic nitrogens is 4. The Morgan fingerprint density at radius 1 is 1.17 bits per heavy atom. The number of para-hydroxylation sites is 1. The van der Waals surface area contributed by atoms with Gasteiger partial charge in [-0.15, -0.1) is 5.10 Å². The summed E-state index contributed by atoms with van der Waals surface area (Å²) >= 11 is 0. The van der Waals surface area contributed by atoms with E-state index in [0.717, 1.165) is 5.56 Å². The SMILES string of the molecule is CN(CCc1ccncc1)C(=O)c1nn(-c2ccccc2)c(=O)[nH]1. The number of benzene rings is 1. The second-order valence-corrected chi connectivity index (χ2v) is 5.36. The molecule has 1 amide bonds. The highest BCUT2D eigenvalue weighted by molar-refractivity contribution is 5.90. The van der Waals surface area contributed by atoms with Crippen molar-refractivity contribution in [2.75, 3.05) is 13.6 Å². The van der Waals surface area contributed by atoms with Crippen LogP contribution in [0.25, 0.3) is 5.69 Å². The molecule has 0 aliphatic carbocycles. The molecule has 0 unspecified atom stereocenters. The molecule has 0 bridgehead atoms. The number of likely N-dealkylation sites (N-methyl/N-ethyl adjacent to an activating group) is 1. The third-order valence-corrected chi connectivity index (χ3v) is 3.65. The first-order valence-electron chi connectivity index (χ1n) is 7.54. The van der Waals surface area contributed by atoms with Gasteiger partial charge in [-0.25, -0.2) is 4.79 Å². The number of carbonyl (C=O) groups excluding carboxylic acids is 1. The van der Waals surface area contributed by atoms with E-state index in [-0.39, 0.29) is 11.7 Å². The van der Waals surface area contributed by atoms with Crippen molar-refractivity contribution in [1.29, 1.82) is 0 Å². The Morgan fingerprint density at radius 2 is 1.88 bits per heavy atom. The zero-order valence-corrected chi connectivity index (χ0v) is 13.2. The van der Waals surface area contributed by atoms with Crippen LogP contribution in [0.1, 0.15) is 16.2 Å². The maximum atomic E-state index is 12.4. The quantitative estimate of drug-likeness (QED) is 0.766. The van der Waals surface area contributed by atoms with E-state index < -0.39 is 5.69 Å². The van der Waals surface area contributed by atoms with Crippen LogP contribution in [0.4, 0.5) is 0 Å². The van der Waals surface area contributed by atoms with Crippen LogP contribution in [-0.4, -0.2) is 44.1 Å². The molecule has 0 fully saturated rings. The van der Waals surface area contributed by atoms with Gasteiger partial charge in [0.2, 0.25) is 5.82 Å². The van der Waals surface area contributed by atoms with E-state index in [1.54, 1.807) is 43.7 Å². The number of carbonyl (C=O) groups is 1. The minimum absolute atomic E-state index is 0.0288. The molecule has 0 aliphatic rings. The summed E-state index contributed by atoms with van der Waals surface area (Å²) < 4.78 is 1.18. The smallest absolute Gasteiger partial charge is 0.339 e. The van der Waals surface area contributed by atoms with Crippen molar-refractivity contribution < 1.29 is 4.79 Å². The largest absolute Gasteiger partial charge is 0.348 e. The van der Waals surface area contributed by atoms with Crippen LogP contribution in [0.15, 0.2) is 59.7 Å². The first-order chi connectivity index (χ1) is 11.6. The molecule has 3 rings (SSSR count). The first-order valence-corrected chi connectivity index (χ1v) is 7.54. The molecule has 0 saturated heterocycles. The Kier molecular flexibility index (Phi) is 4.51. The molecular weight excluding hydrogens is 306 g/mol. The number of hydrogen-bond donors (Lipinski definition) is 1. The average molecular weight is 323 g/mol. The van der Waals surface area contributed by atoms with Gasteiger partial charge in [-0.05, 0) is 36.2 Å². The Balaban J connectivity index is 1.72. The van der Waals surface area contributed by atoms with Gasteiger partial charge in [-0.1, -0.05) is 18.2 Å². The molecule has 122 valence electrons. The number of nitrogens with zero attached hydrogens (tertiary/aromatic N) is 4. The van der Waals surface area contributed by atoms with Crippen LogP contribution >= 0.6 is 0 Å². The minimum Gasteiger partial charge on any atom is -0.339 e. The number of H-pyrrole nitrogens is 1. The predicted octanol–water partition coefficient (Wildman–Crippen LogP) is 1.27. The molecule has 0 radical (unpaired) electrons. The number of rotatable bonds is 5. The van der Waals surface area contributed by atoms with E-state index in [1.807, 2.05) is 18.2 Å². The second-order valence-electron chi connectivity index (χ2n) is 5.36. The zero-order valence-electron chi connectivity index (χ0n) is 13.2. The number of nitrogens with one attached hydrogen (secondary N) is 1. The Labute approximate surface area is 138 Å². The van der Waals surface area contributed by atoms with E-state index in [1.165, 1.54) is 9.58 Å². The molecule has 0 spiro atoms. The number of hydrogen-bond acceptors (Lipinski definition) is 4. The van der Waals surface area contributed by atoms with Gasteiger partial charge in [0.1, 0.15) is 0 Å². The Bertz CT molecular complexity index is 871. The van der Waals surface area contributed by atoms with Crippen molar-refractivity contribution >= 4 is 5.91 Å². The molecule has 24 heavy (non-hydrogen) atoms.